The lowest BCUT2D eigenvalue weighted by molar-refractivity contribution is -0.143. The van der Waals surface area contributed by atoms with Crippen LogP contribution in [0.3, 0.4) is 0 Å². The third-order valence-electron chi connectivity index (χ3n) is 3.87. The molecule has 2 amide bonds. The van der Waals surface area contributed by atoms with E-state index in [4.69, 9.17) is 0 Å². The highest BCUT2D eigenvalue weighted by Crippen LogP contribution is 2.63. The molecule has 1 aromatic heterocycles. The molecule has 0 aromatic carbocycles. The summed E-state index contributed by atoms with van der Waals surface area (Å²) in [7, 11) is 1.76. The summed E-state index contributed by atoms with van der Waals surface area (Å²) >= 11 is 1.36. The van der Waals surface area contributed by atoms with Gasteiger partial charge in [0, 0.05) is 7.05 Å². The molecule has 0 bridgehead atoms. The van der Waals surface area contributed by atoms with Gasteiger partial charge in [-0.25, -0.2) is 0 Å². The van der Waals surface area contributed by atoms with Crippen molar-refractivity contribution in [1.29, 1.82) is 0 Å². The van der Waals surface area contributed by atoms with E-state index < -0.39 is 0 Å². The number of amides is 2. The topological polar surface area (TPSA) is 75.2 Å². The van der Waals surface area contributed by atoms with Crippen molar-refractivity contribution in [2.24, 2.45) is 17.3 Å². The molecule has 2 unspecified atom stereocenters. The largest absolute Gasteiger partial charge is 0.363 e. The molecule has 2 fully saturated rings. The van der Waals surface area contributed by atoms with Crippen molar-refractivity contribution in [3.05, 3.63) is 5.01 Å². The number of imide groups is 1. The highest BCUT2D eigenvalue weighted by Gasteiger charge is 2.72. The number of nitrogens with one attached hydrogen (secondary N) is 1. The number of hydrogen-bond acceptors (Lipinski definition) is 6. The summed E-state index contributed by atoms with van der Waals surface area (Å²) in [4.78, 5) is 25.5. The van der Waals surface area contributed by atoms with Crippen LogP contribution in [0.1, 0.15) is 18.9 Å². The summed E-state index contributed by atoms with van der Waals surface area (Å²) in [6.07, 6.45) is 0. The van der Waals surface area contributed by atoms with Crippen LogP contribution in [0, 0.1) is 17.3 Å². The molecule has 1 saturated heterocycles. The number of fused-ring (bicyclic) bond motifs is 1. The molecular formula is C11H14N4O2S. The molecule has 3 rings (SSSR count). The van der Waals surface area contributed by atoms with E-state index in [9.17, 15) is 9.59 Å². The number of rotatable bonds is 3. The van der Waals surface area contributed by atoms with Gasteiger partial charge in [0.05, 0.1) is 18.4 Å². The van der Waals surface area contributed by atoms with Gasteiger partial charge in [-0.05, 0) is 5.41 Å². The third-order valence-corrected chi connectivity index (χ3v) is 4.79. The first-order valence-corrected chi connectivity index (χ1v) is 6.64. The Kier molecular flexibility index (Phi) is 2.25. The summed E-state index contributed by atoms with van der Waals surface area (Å²) in [6.45, 7) is 4.19. The zero-order chi connectivity index (χ0) is 13.1. The van der Waals surface area contributed by atoms with Crippen molar-refractivity contribution >= 4 is 28.3 Å². The molecule has 1 aromatic rings. The quantitative estimate of drug-likeness (QED) is 0.816. The first kappa shape index (κ1) is 11.6. The fraction of sp³-hybridized carbons (Fsp3) is 0.636. The molecule has 1 saturated carbocycles. The maximum absolute atomic E-state index is 12.1. The van der Waals surface area contributed by atoms with E-state index in [0.717, 1.165) is 0 Å². The van der Waals surface area contributed by atoms with E-state index in [0.29, 0.717) is 10.1 Å². The molecule has 1 aliphatic carbocycles. The number of carbonyl (C=O) groups is 2. The molecule has 7 heteroatoms. The minimum Gasteiger partial charge on any atom is -0.363 e. The van der Waals surface area contributed by atoms with Gasteiger partial charge < -0.3 is 5.32 Å². The van der Waals surface area contributed by atoms with Gasteiger partial charge in [-0.1, -0.05) is 25.2 Å². The molecule has 1 N–H and O–H groups in total. The lowest BCUT2D eigenvalue weighted by Crippen LogP contribution is -2.35. The molecule has 18 heavy (non-hydrogen) atoms. The molecule has 1 aliphatic heterocycles. The van der Waals surface area contributed by atoms with E-state index in [1.54, 1.807) is 7.05 Å². The number of likely N-dealkylation sites (tertiary alicyclic amines) is 1. The van der Waals surface area contributed by atoms with Crippen molar-refractivity contribution in [2.45, 2.75) is 20.4 Å². The van der Waals surface area contributed by atoms with Crippen LogP contribution in [0.25, 0.3) is 0 Å². The second-order valence-electron chi connectivity index (χ2n) is 5.29. The average molecular weight is 266 g/mol. The highest BCUT2D eigenvalue weighted by molar-refractivity contribution is 7.15. The lowest BCUT2D eigenvalue weighted by atomic mass is 10.1. The average Bonchev–Trinajstić information content (AvgIpc) is 2.66. The Bertz CT molecular complexity index is 515. The molecule has 2 atom stereocenters. The Morgan fingerprint density at radius 1 is 1.28 bits per heavy atom. The fourth-order valence-electron chi connectivity index (χ4n) is 2.71. The molecule has 6 nitrogen and oxygen atoms in total. The molecule has 2 heterocycles. The van der Waals surface area contributed by atoms with E-state index >= 15 is 0 Å². The normalized spacial score (nSPS) is 28.5. The van der Waals surface area contributed by atoms with Crippen molar-refractivity contribution < 1.29 is 9.59 Å². The molecule has 0 spiro atoms. The van der Waals surface area contributed by atoms with Crippen LogP contribution in [0.5, 0.6) is 0 Å². The molecule has 2 aliphatic rings. The molecular weight excluding hydrogens is 252 g/mol. The minimum absolute atomic E-state index is 0.0591. The maximum Gasteiger partial charge on any atom is 0.234 e. The SMILES string of the molecule is CNc1nnc(CN2C(=O)C3C(C2=O)C3(C)C)s1. The third kappa shape index (κ3) is 1.40. The van der Waals surface area contributed by atoms with Crippen LogP contribution in [0.2, 0.25) is 0 Å². The fourth-order valence-corrected chi connectivity index (χ4v) is 3.40. The standard InChI is InChI=1S/C11H14N4O2S/c1-11(2)6-7(11)9(17)15(8(6)16)4-5-13-14-10(12-3)18-5/h6-7H,4H2,1-3H3,(H,12,14). The van der Waals surface area contributed by atoms with Gasteiger partial charge >= 0.3 is 0 Å². The summed E-state index contributed by atoms with van der Waals surface area (Å²) < 4.78 is 0. The van der Waals surface area contributed by atoms with Gasteiger partial charge in [0.25, 0.3) is 0 Å². The second-order valence-corrected chi connectivity index (χ2v) is 6.35. The Morgan fingerprint density at radius 3 is 2.39 bits per heavy atom. The van der Waals surface area contributed by atoms with Gasteiger partial charge in [0.2, 0.25) is 16.9 Å². The first-order valence-electron chi connectivity index (χ1n) is 5.82. The number of piperidine rings is 1. The van der Waals surface area contributed by atoms with E-state index in [1.807, 2.05) is 13.8 Å². The van der Waals surface area contributed by atoms with Crippen LogP contribution in [0.15, 0.2) is 0 Å². The van der Waals surface area contributed by atoms with E-state index in [2.05, 4.69) is 15.5 Å². The zero-order valence-electron chi connectivity index (χ0n) is 10.4. The molecule has 0 radical (unpaired) electrons. The van der Waals surface area contributed by atoms with Gasteiger partial charge in [-0.3, -0.25) is 14.5 Å². The highest BCUT2D eigenvalue weighted by atomic mass is 32.1. The molecule has 96 valence electrons. The van der Waals surface area contributed by atoms with Gasteiger partial charge in [-0.15, -0.1) is 10.2 Å². The maximum atomic E-state index is 12.1. The van der Waals surface area contributed by atoms with Crippen molar-refractivity contribution in [1.82, 2.24) is 15.1 Å². The zero-order valence-corrected chi connectivity index (χ0v) is 11.2. The van der Waals surface area contributed by atoms with Crippen LogP contribution < -0.4 is 5.32 Å². The predicted molar refractivity (Wildman–Crippen MR) is 65.8 cm³/mol. The Labute approximate surface area is 108 Å². The monoisotopic (exact) mass is 266 g/mol. The van der Waals surface area contributed by atoms with Crippen molar-refractivity contribution in [3.63, 3.8) is 0 Å². The van der Waals surface area contributed by atoms with Crippen molar-refractivity contribution in [2.75, 3.05) is 12.4 Å². The number of anilines is 1. The van der Waals surface area contributed by atoms with Crippen LogP contribution in [-0.4, -0.2) is 34.0 Å². The minimum atomic E-state index is -0.151. The number of carbonyl (C=O) groups excluding carboxylic acids is 2. The number of aromatic nitrogens is 2. The summed E-state index contributed by atoms with van der Waals surface area (Å²) in [6, 6.07) is 0. The first-order chi connectivity index (χ1) is 8.46. The lowest BCUT2D eigenvalue weighted by Gasteiger charge is -2.18. The summed E-state index contributed by atoms with van der Waals surface area (Å²) in [5.41, 5.74) is -0.151. The Hall–Kier alpha value is -1.50. The van der Waals surface area contributed by atoms with Gasteiger partial charge in [0.1, 0.15) is 5.01 Å². The number of hydrogen-bond donors (Lipinski definition) is 1. The summed E-state index contributed by atoms with van der Waals surface area (Å²) in [5, 5.41) is 12.1. The van der Waals surface area contributed by atoms with Gasteiger partial charge in [-0.2, -0.15) is 0 Å². The Morgan fingerprint density at radius 2 is 1.89 bits per heavy atom. The van der Waals surface area contributed by atoms with Crippen LogP contribution in [-0.2, 0) is 16.1 Å². The van der Waals surface area contributed by atoms with E-state index in [-0.39, 0.29) is 35.6 Å². The summed E-state index contributed by atoms with van der Waals surface area (Å²) in [5.74, 6) is -0.365. The second kappa shape index (κ2) is 3.50. The van der Waals surface area contributed by atoms with E-state index in [1.165, 1.54) is 16.2 Å². The predicted octanol–water partition coefficient (Wildman–Crippen LogP) is 0.721. The number of nitrogens with zero attached hydrogens (tertiary/aromatic N) is 3. The van der Waals surface area contributed by atoms with Crippen LogP contribution >= 0.6 is 11.3 Å². The van der Waals surface area contributed by atoms with Crippen molar-refractivity contribution in [3.8, 4) is 0 Å². The van der Waals surface area contributed by atoms with Gasteiger partial charge in [0.15, 0.2) is 0 Å². The smallest absolute Gasteiger partial charge is 0.234 e. The Balaban J connectivity index is 1.76. The van der Waals surface area contributed by atoms with Crippen LogP contribution in [0.4, 0.5) is 5.13 Å².